The van der Waals surface area contributed by atoms with Crippen molar-refractivity contribution in [3.8, 4) is 0 Å². The standard InChI is InChI=1S/C26H25NO4/c1-14-7-10-20(17(4)12-14)27-23(21-11-9-18(5)31-21)22(25(29)26(27)30)24(28)19-13-15(2)6-8-16(19)3/h6-13,23,28H,1-5H3/b24-22-. The van der Waals surface area contributed by atoms with E-state index in [-0.39, 0.29) is 11.3 Å². The van der Waals surface area contributed by atoms with Crippen molar-refractivity contribution in [3.05, 3.63) is 93.4 Å². The molecule has 2 heterocycles. The monoisotopic (exact) mass is 415 g/mol. The van der Waals surface area contributed by atoms with Crippen molar-refractivity contribution >= 4 is 23.1 Å². The van der Waals surface area contributed by atoms with Gasteiger partial charge in [-0.15, -0.1) is 0 Å². The number of aryl methyl sites for hydroxylation is 5. The zero-order valence-corrected chi connectivity index (χ0v) is 18.3. The molecule has 0 bridgehead atoms. The van der Waals surface area contributed by atoms with Crippen molar-refractivity contribution in [2.45, 2.75) is 40.7 Å². The summed E-state index contributed by atoms with van der Waals surface area (Å²) in [5.74, 6) is -0.502. The molecule has 1 aliphatic rings. The first-order valence-corrected chi connectivity index (χ1v) is 10.2. The minimum Gasteiger partial charge on any atom is -0.507 e. The number of aliphatic hydroxyl groups is 1. The van der Waals surface area contributed by atoms with E-state index in [4.69, 9.17) is 4.42 Å². The number of ketones is 1. The number of furan rings is 1. The Kier molecular flexibility index (Phi) is 5.05. The first-order valence-electron chi connectivity index (χ1n) is 10.2. The first-order chi connectivity index (χ1) is 14.7. The highest BCUT2D eigenvalue weighted by atomic mass is 16.3. The van der Waals surface area contributed by atoms with Gasteiger partial charge in [0.15, 0.2) is 0 Å². The summed E-state index contributed by atoms with van der Waals surface area (Å²) >= 11 is 0. The van der Waals surface area contributed by atoms with Gasteiger partial charge in [-0.3, -0.25) is 14.5 Å². The Morgan fingerprint density at radius 1 is 0.871 bits per heavy atom. The zero-order valence-electron chi connectivity index (χ0n) is 18.3. The van der Waals surface area contributed by atoms with Crippen LogP contribution in [-0.4, -0.2) is 16.8 Å². The van der Waals surface area contributed by atoms with Gasteiger partial charge in [0.25, 0.3) is 11.7 Å². The summed E-state index contributed by atoms with van der Waals surface area (Å²) in [6, 6.07) is 14.0. The fraction of sp³-hybridized carbons (Fsp3) is 0.231. The van der Waals surface area contributed by atoms with Gasteiger partial charge in [-0.05, 0) is 70.0 Å². The minimum atomic E-state index is -0.852. The highest BCUT2D eigenvalue weighted by molar-refractivity contribution is 6.51. The maximum atomic E-state index is 13.2. The Morgan fingerprint density at radius 2 is 1.55 bits per heavy atom. The number of rotatable bonds is 3. The lowest BCUT2D eigenvalue weighted by Gasteiger charge is -2.25. The first kappa shape index (κ1) is 20.7. The maximum Gasteiger partial charge on any atom is 0.300 e. The summed E-state index contributed by atoms with van der Waals surface area (Å²) in [4.78, 5) is 27.9. The van der Waals surface area contributed by atoms with Crippen LogP contribution in [0.25, 0.3) is 5.76 Å². The van der Waals surface area contributed by atoms with E-state index >= 15 is 0 Å². The van der Waals surface area contributed by atoms with Gasteiger partial charge >= 0.3 is 0 Å². The third kappa shape index (κ3) is 3.46. The smallest absolute Gasteiger partial charge is 0.300 e. The molecule has 3 aromatic rings. The number of carbonyl (C=O) groups excluding carboxylic acids is 2. The van der Waals surface area contributed by atoms with E-state index in [1.165, 1.54) is 4.90 Å². The number of benzene rings is 2. The van der Waals surface area contributed by atoms with Gasteiger partial charge in [0.1, 0.15) is 23.3 Å². The molecule has 1 atom stereocenters. The summed E-state index contributed by atoms with van der Waals surface area (Å²) in [7, 11) is 0. The third-order valence-electron chi connectivity index (χ3n) is 5.74. The maximum absolute atomic E-state index is 13.2. The van der Waals surface area contributed by atoms with Crippen LogP contribution in [0.4, 0.5) is 5.69 Å². The molecule has 1 fully saturated rings. The van der Waals surface area contributed by atoms with Gasteiger partial charge in [-0.1, -0.05) is 35.4 Å². The second-order valence-corrected chi connectivity index (χ2v) is 8.23. The number of carbonyl (C=O) groups is 2. The molecular formula is C26H25NO4. The number of anilines is 1. The Morgan fingerprint density at radius 3 is 2.19 bits per heavy atom. The molecule has 0 aliphatic carbocycles. The van der Waals surface area contributed by atoms with Crippen LogP contribution in [0, 0.1) is 34.6 Å². The van der Waals surface area contributed by atoms with Crippen LogP contribution in [0.5, 0.6) is 0 Å². The van der Waals surface area contributed by atoms with Crippen molar-refractivity contribution in [1.82, 2.24) is 0 Å². The molecule has 0 spiro atoms. The number of hydrogen-bond donors (Lipinski definition) is 1. The van der Waals surface area contributed by atoms with Gasteiger partial charge in [0, 0.05) is 11.3 Å². The predicted molar refractivity (Wildman–Crippen MR) is 120 cm³/mol. The highest BCUT2D eigenvalue weighted by Gasteiger charge is 2.48. The highest BCUT2D eigenvalue weighted by Crippen LogP contribution is 2.44. The quantitative estimate of drug-likeness (QED) is 0.351. The number of Topliss-reactive ketones (excluding diaryl/α,β-unsaturated/α-hetero) is 1. The SMILES string of the molecule is Cc1ccc(N2C(=O)C(=O)/C(=C(\O)c3cc(C)ccc3C)C2c2ccc(C)o2)c(C)c1. The lowest BCUT2D eigenvalue weighted by atomic mass is 9.95. The van der Waals surface area contributed by atoms with Gasteiger partial charge in [0.2, 0.25) is 0 Å². The second kappa shape index (κ2) is 7.58. The van der Waals surface area contributed by atoms with E-state index in [0.29, 0.717) is 22.8 Å². The molecule has 1 N–H and O–H groups in total. The molecule has 0 saturated carbocycles. The molecule has 5 heteroatoms. The van der Waals surface area contributed by atoms with Crippen molar-refractivity contribution in [1.29, 1.82) is 0 Å². The van der Waals surface area contributed by atoms with Crippen LogP contribution in [-0.2, 0) is 9.59 Å². The van der Waals surface area contributed by atoms with E-state index in [2.05, 4.69) is 0 Å². The Labute approximate surface area is 181 Å². The topological polar surface area (TPSA) is 70.8 Å². The molecule has 1 aromatic heterocycles. The second-order valence-electron chi connectivity index (χ2n) is 8.23. The number of amides is 1. The lowest BCUT2D eigenvalue weighted by molar-refractivity contribution is -0.132. The van der Waals surface area contributed by atoms with Gasteiger partial charge < -0.3 is 9.52 Å². The largest absolute Gasteiger partial charge is 0.507 e. The molecule has 4 rings (SSSR count). The van der Waals surface area contributed by atoms with Crippen molar-refractivity contribution in [2.24, 2.45) is 0 Å². The van der Waals surface area contributed by atoms with Crippen molar-refractivity contribution in [2.75, 3.05) is 4.90 Å². The van der Waals surface area contributed by atoms with Crippen LogP contribution >= 0.6 is 0 Å². The van der Waals surface area contributed by atoms with Crippen LogP contribution in [0.2, 0.25) is 0 Å². The average molecular weight is 415 g/mol. The summed E-state index contributed by atoms with van der Waals surface area (Å²) in [6.07, 6.45) is 0. The Balaban J connectivity index is 1.99. The van der Waals surface area contributed by atoms with Crippen LogP contribution in [0.15, 0.2) is 58.5 Å². The van der Waals surface area contributed by atoms with Crippen LogP contribution < -0.4 is 4.90 Å². The number of nitrogens with zero attached hydrogens (tertiary/aromatic N) is 1. The fourth-order valence-electron chi connectivity index (χ4n) is 4.16. The normalized spacial score (nSPS) is 18.1. The van der Waals surface area contributed by atoms with Crippen molar-refractivity contribution < 1.29 is 19.1 Å². The Hall–Kier alpha value is -3.60. The number of hydrogen-bond acceptors (Lipinski definition) is 4. The van der Waals surface area contributed by atoms with E-state index < -0.39 is 17.7 Å². The van der Waals surface area contributed by atoms with Crippen molar-refractivity contribution in [3.63, 3.8) is 0 Å². The van der Waals surface area contributed by atoms with E-state index in [1.54, 1.807) is 19.1 Å². The molecule has 1 aliphatic heterocycles. The predicted octanol–water partition coefficient (Wildman–Crippen LogP) is 5.45. The van der Waals surface area contributed by atoms with Crippen LogP contribution in [0.3, 0.4) is 0 Å². The Bertz CT molecular complexity index is 1250. The molecule has 0 radical (unpaired) electrons. The van der Waals surface area contributed by atoms with Crippen LogP contribution in [0.1, 0.15) is 45.4 Å². The summed E-state index contributed by atoms with van der Waals surface area (Å²) in [6.45, 7) is 9.45. The molecule has 1 unspecified atom stereocenters. The fourth-order valence-corrected chi connectivity index (χ4v) is 4.16. The molecule has 31 heavy (non-hydrogen) atoms. The summed E-state index contributed by atoms with van der Waals surface area (Å²) in [5.41, 5.74) is 4.86. The minimum absolute atomic E-state index is 0.0352. The van der Waals surface area contributed by atoms with E-state index in [0.717, 1.165) is 22.3 Å². The third-order valence-corrected chi connectivity index (χ3v) is 5.74. The molecular weight excluding hydrogens is 390 g/mol. The molecule has 1 amide bonds. The average Bonchev–Trinajstić information content (AvgIpc) is 3.25. The molecule has 5 nitrogen and oxygen atoms in total. The summed E-state index contributed by atoms with van der Waals surface area (Å²) in [5, 5.41) is 11.3. The molecule has 2 aromatic carbocycles. The van der Waals surface area contributed by atoms with Gasteiger partial charge in [-0.25, -0.2) is 0 Å². The zero-order chi connectivity index (χ0) is 22.4. The molecule has 158 valence electrons. The van der Waals surface area contributed by atoms with E-state index in [9.17, 15) is 14.7 Å². The van der Waals surface area contributed by atoms with Gasteiger partial charge in [-0.2, -0.15) is 0 Å². The van der Waals surface area contributed by atoms with E-state index in [1.807, 2.05) is 64.1 Å². The number of aliphatic hydroxyl groups excluding tert-OH is 1. The summed E-state index contributed by atoms with van der Waals surface area (Å²) < 4.78 is 5.86. The molecule has 1 saturated heterocycles. The van der Waals surface area contributed by atoms with Gasteiger partial charge in [0.05, 0.1) is 5.57 Å². The lowest BCUT2D eigenvalue weighted by Crippen LogP contribution is -2.30.